The SMILES string of the molecule is C[C@H](CCCO)N[C@H](C)C1CCCCC1. The topological polar surface area (TPSA) is 32.3 Å². The smallest absolute Gasteiger partial charge is 0.0431 e. The van der Waals surface area contributed by atoms with Crippen LogP contribution in [0.15, 0.2) is 0 Å². The van der Waals surface area contributed by atoms with Crippen molar-refractivity contribution >= 4 is 0 Å². The van der Waals surface area contributed by atoms with Crippen LogP contribution in [0.25, 0.3) is 0 Å². The van der Waals surface area contributed by atoms with Gasteiger partial charge in [0.1, 0.15) is 0 Å². The maximum atomic E-state index is 8.77. The molecule has 0 saturated heterocycles. The Morgan fingerprint density at radius 2 is 1.87 bits per heavy atom. The van der Waals surface area contributed by atoms with Gasteiger partial charge >= 0.3 is 0 Å². The van der Waals surface area contributed by atoms with Crippen LogP contribution >= 0.6 is 0 Å². The molecule has 0 aromatic carbocycles. The Labute approximate surface area is 94.5 Å². The van der Waals surface area contributed by atoms with Crippen LogP contribution in [0.4, 0.5) is 0 Å². The average molecular weight is 213 g/mol. The van der Waals surface area contributed by atoms with Crippen LogP contribution in [-0.2, 0) is 0 Å². The van der Waals surface area contributed by atoms with E-state index in [9.17, 15) is 0 Å². The van der Waals surface area contributed by atoms with Gasteiger partial charge in [0, 0.05) is 18.7 Å². The van der Waals surface area contributed by atoms with Crippen molar-refractivity contribution in [3.8, 4) is 0 Å². The molecule has 1 saturated carbocycles. The van der Waals surface area contributed by atoms with E-state index < -0.39 is 0 Å². The number of hydrogen-bond donors (Lipinski definition) is 2. The van der Waals surface area contributed by atoms with Crippen LogP contribution in [-0.4, -0.2) is 23.8 Å². The minimum Gasteiger partial charge on any atom is -0.396 e. The van der Waals surface area contributed by atoms with E-state index >= 15 is 0 Å². The van der Waals surface area contributed by atoms with Crippen molar-refractivity contribution in [3.05, 3.63) is 0 Å². The molecular formula is C13H27NO. The summed E-state index contributed by atoms with van der Waals surface area (Å²) in [6.45, 7) is 4.88. The Bertz CT molecular complexity index is 155. The largest absolute Gasteiger partial charge is 0.396 e. The maximum absolute atomic E-state index is 8.77. The molecule has 1 fully saturated rings. The third-order valence-corrected chi connectivity index (χ3v) is 3.70. The summed E-state index contributed by atoms with van der Waals surface area (Å²) in [5.74, 6) is 0.885. The predicted molar refractivity (Wildman–Crippen MR) is 65.0 cm³/mol. The summed E-state index contributed by atoms with van der Waals surface area (Å²) in [5.41, 5.74) is 0. The molecule has 1 aliphatic carbocycles. The van der Waals surface area contributed by atoms with E-state index in [1.165, 1.54) is 32.1 Å². The molecule has 1 aliphatic rings. The summed E-state index contributed by atoms with van der Waals surface area (Å²) < 4.78 is 0. The molecule has 0 heterocycles. The normalized spacial score (nSPS) is 22.6. The molecule has 0 bridgehead atoms. The second-order valence-electron chi connectivity index (χ2n) is 5.12. The first-order chi connectivity index (χ1) is 7.24. The third kappa shape index (κ3) is 4.98. The van der Waals surface area contributed by atoms with Crippen LogP contribution in [0.3, 0.4) is 0 Å². The second kappa shape index (κ2) is 7.24. The van der Waals surface area contributed by atoms with E-state index in [4.69, 9.17) is 5.11 Å². The molecule has 2 N–H and O–H groups in total. The molecule has 90 valence electrons. The molecule has 2 atom stereocenters. The molecular weight excluding hydrogens is 186 g/mol. The lowest BCUT2D eigenvalue weighted by Crippen LogP contribution is -2.40. The summed E-state index contributed by atoms with van der Waals surface area (Å²) in [6.07, 6.45) is 9.09. The van der Waals surface area contributed by atoms with E-state index in [-0.39, 0.29) is 0 Å². The molecule has 0 unspecified atom stereocenters. The monoisotopic (exact) mass is 213 g/mol. The van der Waals surface area contributed by atoms with Crippen molar-refractivity contribution < 1.29 is 5.11 Å². The average Bonchev–Trinajstić information content (AvgIpc) is 2.27. The molecule has 0 aromatic rings. The lowest BCUT2D eigenvalue weighted by atomic mass is 9.84. The standard InChI is InChI=1S/C13H27NO/c1-11(7-6-10-15)14-12(2)13-8-4-3-5-9-13/h11-15H,3-10H2,1-2H3/t11-,12-/m1/s1. The minimum atomic E-state index is 0.323. The van der Waals surface area contributed by atoms with E-state index in [0.717, 1.165) is 18.8 Å². The zero-order chi connectivity index (χ0) is 11.1. The fourth-order valence-electron chi connectivity index (χ4n) is 2.70. The summed E-state index contributed by atoms with van der Waals surface area (Å²) in [6, 6.07) is 1.20. The Morgan fingerprint density at radius 1 is 1.20 bits per heavy atom. The van der Waals surface area contributed by atoms with Gasteiger partial charge in [-0.05, 0) is 45.4 Å². The Balaban J connectivity index is 2.17. The number of nitrogens with one attached hydrogen (secondary N) is 1. The molecule has 0 aromatic heterocycles. The summed E-state index contributed by atoms with van der Waals surface area (Å²) >= 11 is 0. The number of rotatable bonds is 6. The lowest BCUT2D eigenvalue weighted by Gasteiger charge is -2.30. The molecule has 15 heavy (non-hydrogen) atoms. The molecule has 0 amide bonds. The molecule has 2 nitrogen and oxygen atoms in total. The zero-order valence-corrected chi connectivity index (χ0v) is 10.3. The Hall–Kier alpha value is -0.0800. The molecule has 2 heteroatoms. The van der Waals surface area contributed by atoms with Crippen molar-refractivity contribution in [2.24, 2.45) is 5.92 Å². The number of aliphatic hydroxyl groups is 1. The highest BCUT2D eigenvalue weighted by Gasteiger charge is 2.20. The summed E-state index contributed by atoms with van der Waals surface area (Å²) in [5, 5.41) is 12.4. The summed E-state index contributed by atoms with van der Waals surface area (Å²) in [4.78, 5) is 0. The Morgan fingerprint density at radius 3 is 2.47 bits per heavy atom. The van der Waals surface area contributed by atoms with Crippen LogP contribution in [0.1, 0.15) is 58.8 Å². The molecule has 0 radical (unpaired) electrons. The van der Waals surface area contributed by atoms with Crippen LogP contribution in [0.5, 0.6) is 0 Å². The molecule has 0 aliphatic heterocycles. The Kier molecular flexibility index (Phi) is 6.26. The number of hydrogen-bond acceptors (Lipinski definition) is 2. The quantitative estimate of drug-likeness (QED) is 0.711. The van der Waals surface area contributed by atoms with Crippen molar-refractivity contribution in [2.75, 3.05) is 6.61 Å². The molecule has 0 spiro atoms. The highest BCUT2D eigenvalue weighted by Crippen LogP contribution is 2.26. The first kappa shape index (κ1) is 13.0. The van der Waals surface area contributed by atoms with Crippen molar-refractivity contribution in [2.45, 2.75) is 70.9 Å². The van der Waals surface area contributed by atoms with Crippen molar-refractivity contribution in [1.29, 1.82) is 0 Å². The van der Waals surface area contributed by atoms with Crippen LogP contribution < -0.4 is 5.32 Å². The van der Waals surface area contributed by atoms with Crippen LogP contribution in [0, 0.1) is 5.92 Å². The van der Waals surface area contributed by atoms with E-state index in [1.807, 2.05) is 0 Å². The van der Waals surface area contributed by atoms with Gasteiger partial charge in [0.25, 0.3) is 0 Å². The summed E-state index contributed by atoms with van der Waals surface area (Å²) in [7, 11) is 0. The maximum Gasteiger partial charge on any atom is 0.0431 e. The van der Waals surface area contributed by atoms with Gasteiger partial charge in [0.15, 0.2) is 0 Å². The molecule has 1 rings (SSSR count). The van der Waals surface area contributed by atoms with E-state index in [2.05, 4.69) is 19.2 Å². The second-order valence-corrected chi connectivity index (χ2v) is 5.12. The minimum absolute atomic E-state index is 0.323. The van der Waals surface area contributed by atoms with Crippen molar-refractivity contribution in [3.63, 3.8) is 0 Å². The van der Waals surface area contributed by atoms with Crippen molar-refractivity contribution in [1.82, 2.24) is 5.32 Å². The van der Waals surface area contributed by atoms with Gasteiger partial charge in [-0.1, -0.05) is 19.3 Å². The highest BCUT2D eigenvalue weighted by atomic mass is 16.2. The highest BCUT2D eigenvalue weighted by molar-refractivity contribution is 4.78. The first-order valence-electron chi connectivity index (χ1n) is 6.61. The van der Waals surface area contributed by atoms with Gasteiger partial charge in [-0.3, -0.25) is 0 Å². The van der Waals surface area contributed by atoms with Gasteiger partial charge in [-0.2, -0.15) is 0 Å². The predicted octanol–water partition coefficient (Wildman–Crippen LogP) is 2.71. The van der Waals surface area contributed by atoms with Gasteiger partial charge in [-0.25, -0.2) is 0 Å². The first-order valence-corrected chi connectivity index (χ1v) is 6.61. The van der Waals surface area contributed by atoms with Gasteiger partial charge in [0.05, 0.1) is 0 Å². The van der Waals surface area contributed by atoms with Gasteiger partial charge in [-0.15, -0.1) is 0 Å². The number of aliphatic hydroxyl groups excluding tert-OH is 1. The van der Waals surface area contributed by atoms with E-state index in [0.29, 0.717) is 18.7 Å². The van der Waals surface area contributed by atoms with Crippen LogP contribution in [0.2, 0.25) is 0 Å². The van der Waals surface area contributed by atoms with Gasteiger partial charge in [0.2, 0.25) is 0 Å². The fraction of sp³-hybridized carbons (Fsp3) is 1.00. The lowest BCUT2D eigenvalue weighted by molar-refractivity contribution is 0.247. The van der Waals surface area contributed by atoms with Gasteiger partial charge < -0.3 is 10.4 Å². The fourth-order valence-corrected chi connectivity index (χ4v) is 2.70. The van der Waals surface area contributed by atoms with E-state index in [1.54, 1.807) is 0 Å². The zero-order valence-electron chi connectivity index (χ0n) is 10.3. The third-order valence-electron chi connectivity index (χ3n) is 3.70.